The maximum atomic E-state index is 11.0. The Hall–Kier alpha value is -0.640. The van der Waals surface area contributed by atoms with Gasteiger partial charge in [0.25, 0.3) is 0 Å². The monoisotopic (exact) mass is 470 g/mol. The van der Waals surface area contributed by atoms with E-state index in [1.54, 1.807) is 5.57 Å². The van der Waals surface area contributed by atoms with Crippen molar-refractivity contribution in [3.63, 3.8) is 0 Å². The zero-order valence-corrected chi connectivity index (χ0v) is 23.1. The van der Waals surface area contributed by atoms with E-state index in [1.165, 1.54) is 31.3 Å². The summed E-state index contributed by atoms with van der Waals surface area (Å²) in [4.78, 5) is 0. The third-order valence-electron chi connectivity index (χ3n) is 12.9. The molecule has 0 amide bonds. The average Bonchev–Trinajstić information content (AvgIpc) is 3.22. The zero-order chi connectivity index (χ0) is 24.9. The Morgan fingerprint density at radius 3 is 2.26 bits per heavy atom. The predicted octanol–water partition coefficient (Wildman–Crippen LogP) is 7.03. The zero-order valence-electron chi connectivity index (χ0n) is 23.1. The molecular formula is C31H50O3. The van der Waals surface area contributed by atoms with E-state index < -0.39 is 6.29 Å². The highest BCUT2D eigenvalue weighted by Crippen LogP contribution is 2.77. The molecule has 3 heteroatoms. The standard InChI is InChI=1S/C31H50O3/c1-19(2)17-20-18-21(26(33)34-20)22-11-13-30(7)24-10-9-23-27(3,4)25(32)12-14-29(23,6)31(24,8)16-15-28(22,30)5/h10,17,20-23,25-26,32-33H,9,11-16,18H2,1-8H3/t20-,21-,22+,23-,25-,26+,28+,29+,30-,31+/m1/s1. The molecular weight excluding hydrogens is 420 g/mol. The molecule has 4 aliphatic carbocycles. The quantitative estimate of drug-likeness (QED) is 0.426. The van der Waals surface area contributed by atoms with Crippen molar-refractivity contribution >= 4 is 0 Å². The van der Waals surface area contributed by atoms with Crippen LogP contribution in [0.4, 0.5) is 0 Å². The number of hydrogen-bond acceptors (Lipinski definition) is 3. The Morgan fingerprint density at radius 2 is 1.59 bits per heavy atom. The first kappa shape index (κ1) is 25.0. The number of aliphatic hydroxyl groups excluding tert-OH is 2. The molecule has 0 aromatic heterocycles. The van der Waals surface area contributed by atoms with Gasteiger partial charge in [-0.15, -0.1) is 0 Å². The van der Waals surface area contributed by atoms with Crippen molar-refractivity contribution in [2.24, 2.45) is 44.8 Å². The van der Waals surface area contributed by atoms with Crippen LogP contribution in [0.2, 0.25) is 0 Å². The molecule has 0 aromatic carbocycles. The molecule has 3 nitrogen and oxygen atoms in total. The highest BCUT2D eigenvalue weighted by Gasteiger charge is 2.70. The lowest BCUT2D eigenvalue weighted by Crippen LogP contribution is -2.62. The summed E-state index contributed by atoms with van der Waals surface area (Å²) in [5.74, 6) is 1.26. The van der Waals surface area contributed by atoms with Gasteiger partial charge in [0.2, 0.25) is 0 Å². The molecule has 192 valence electrons. The van der Waals surface area contributed by atoms with Crippen LogP contribution in [0, 0.1) is 44.8 Å². The van der Waals surface area contributed by atoms with Crippen LogP contribution in [-0.2, 0) is 4.74 Å². The van der Waals surface area contributed by atoms with Crippen LogP contribution in [0.1, 0.15) is 107 Å². The molecule has 1 saturated heterocycles. The van der Waals surface area contributed by atoms with Gasteiger partial charge in [-0.25, -0.2) is 0 Å². The van der Waals surface area contributed by atoms with Crippen molar-refractivity contribution in [3.8, 4) is 0 Å². The van der Waals surface area contributed by atoms with Gasteiger partial charge in [0.05, 0.1) is 12.2 Å². The summed E-state index contributed by atoms with van der Waals surface area (Å²) in [7, 11) is 0. The Balaban J connectivity index is 1.50. The lowest BCUT2D eigenvalue weighted by Gasteiger charge is -2.69. The molecule has 4 fully saturated rings. The van der Waals surface area contributed by atoms with E-state index in [2.05, 4.69) is 67.5 Å². The maximum Gasteiger partial charge on any atom is 0.158 e. The molecule has 5 aliphatic rings. The maximum absolute atomic E-state index is 11.0. The summed E-state index contributed by atoms with van der Waals surface area (Å²) in [6.45, 7) is 19.1. The molecule has 3 saturated carbocycles. The largest absolute Gasteiger partial charge is 0.393 e. The first-order chi connectivity index (χ1) is 15.7. The molecule has 0 bridgehead atoms. The Labute approximate surface area is 208 Å². The van der Waals surface area contributed by atoms with E-state index in [-0.39, 0.29) is 45.2 Å². The third kappa shape index (κ3) is 3.05. The number of allylic oxidation sites excluding steroid dienone is 3. The minimum Gasteiger partial charge on any atom is -0.393 e. The van der Waals surface area contributed by atoms with E-state index in [0.29, 0.717) is 11.8 Å². The summed E-state index contributed by atoms with van der Waals surface area (Å²) in [6, 6.07) is 0. The van der Waals surface area contributed by atoms with Gasteiger partial charge in [0, 0.05) is 5.92 Å². The van der Waals surface area contributed by atoms with Gasteiger partial charge in [-0.05, 0) is 104 Å². The van der Waals surface area contributed by atoms with E-state index in [9.17, 15) is 10.2 Å². The third-order valence-corrected chi connectivity index (χ3v) is 12.9. The van der Waals surface area contributed by atoms with Gasteiger partial charge < -0.3 is 14.9 Å². The lowest BCUT2D eigenvalue weighted by molar-refractivity contribution is -0.167. The second kappa shape index (κ2) is 7.68. The van der Waals surface area contributed by atoms with Crippen molar-refractivity contribution in [1.29, 1.82) is 0 Å². The van der Waals surface area contributed by atoms with Crippen molar-refractivity contribution in [1.82, 2.24) is 0 Å². The van der Waals surface area contributed by atoms with Gasteiger partial charge in [-0.2, -0.15) is 0 Å². The van der Waals surface area contributed by atoms with Gasteiger partial charge >= 0.3 is 0 Å². The first-order valence-corrected chi connectivity index (χ1v) is 14.1. The van der Waals surface area contributed by atoms with Crippen LogP contribution in [0.25, 0.3) is 0 Å². The van der Waals surface area contributed by atoms with E-state index in [0.717, 1.165) is 25.7 Å². The number of rotatable bonds is 2. The normalized spacial score (nSPS) is 54.0. The van der Waals surface area contributed by atoms with Crippen LogP contribution in [-0.4, -0.2) is 28.7 Å². The van der Waals surface area contributed by atoms with Crippen LogP contribution in [0.3, 0.4) is 0 Å². The van der Waals surface area contributed by atoms with Crippen LogP contribution in [0.15, 0.2) is 23.3 Å². The molecule has 2 N–H and O–H groups in total. The second-order valence-corrected chi connectivity index (χ2v) is 14.6. The molecule has 1 aliphatic heterocycles. The summed E-state index contributed by atoms with van der Waals surface area (Å²) in [5.41, 5.74) is 3.73. The number of ether oxygens (including phenoxy) is 1. The highest BCUT2D eigenvalue weighted by molar-refractivity contribution is 5.37. The molecule has 10 atom stereocenters. The Kier molecular flexibility index (Phi) is 5.66. The van der Waals surface area contributed by atoms with E-state index in [1.807, 2.05) is 0 Å². The summed E-state index contributed by atoms with van der Waals surface area (Å²) in [5, 5.41) is 21.9. The molecule has 0 unspecified atom stereocenters. The molecule has 0 radical (unpaired) electrons. The Morgan fingerprint density at radius 1 is 0.912 bits per heavy atom. The fraction of sp³-hybridized carbons (Fsp3) is 0.871. The van der Waals surface area contributed by atoms with E-state index >= 15 is 0 Å². The van der Waals surface area contributed by atoms with Crippen molar-refractivity contribution in [2.45, 2.75) is 125 Å². The van der Waals surface area contributed by atoms with Gasteiger partial charge in [0.1, 0.15) is 0 Å². The molecule has 0 spiro atoms. The van der Waals surface area contributed by atoms with Crippen LogP contribution in [0.5, 0.6) is 0 Å². The Bertz CT molecular complexity index is 898. The van der Waals surface area contributed by atoms with Crippen molar-refractivity contribution in [3.05, 3.63) is 23.3 Å². The number of fused-ring (bicyclic) bond motifs is 5. The number of aliphatic hydroxyl groups is 2. The number of hydrogen-bond donors (Lipinski definition) is 2. The lowest BCUT2D eigenvalue weighted by atomic mass is 9.36. The van der Waals surface area contributed by atoms with Crippen LogP contribution >= 0.6 is 0 Å². The van der Waals surface area contributed by atoms with Gasteiger partial charge in [-0.1, -0.05) is 64.8 Å². The molecule has 5 rings (SSSR count). The SMILES string of the molecule is CC(C)=C[C@@H]1C[C@H]([C@@H]2CC[C@]3(C)C4=CC[C@@H]5C(C)(C)[C@H](O)CC[C@]5(C)[C@@]4(C)CC[C@@]23C)[C@@H](O)O1. The fourth-order valence-corrected chi connectivity index (χ4v) is 10.4. The minimum atomic E-state index is -0.638. The first-order valence-electron chi connectivity index (χ1n) is 14.1. The second-order valence-electron chi connectivity index (χ2n) is 14.6. The minimum absolute atomic E-state index is 0.0386. The predicted molar refractivity (Wildman–Crippen MR) is 138 cm³/mol. The van der Waals surface area contributed by atoms with Gasteiger partial charge in [0.15, 0.2) is 6.29 Å². The summed E-state index contributed by atoms with van der Waals surface area (Å²) in [6.07, 6.45) is 13.0. The van der Waals surface area contributed by atoms with Gasteiger partial charge in [-0.3, -0.25) is 0 Å². The summed E-state index contributed by atoms with van der Waals surface area (Å²) < 4.78 is 6.04. The van der Waals surface area contributed by atoms with Crippen molar-refractivity contribution in [2.75, 3.05) is 0 Å². The van der Waals surface area contributed by atoms with Crippen molar-refractivity contribution < 1.29 is 14.9 Å². The molecule has 0 aromatic rings. The van der Waals surface area contributed by atoms with E-state index in [4.69, 9.17) is 4.74 Å². The fourth-order valence-electron chi connectivity index (χ4n) is 10.4. The summed E-state index contributed by atoms with van der Waals surface area (Å²) >= 11 is 0. The molecule has 1 heterocycles. The average molecular weight is 471 g/mol. The molecule has 34 heavy (non-hydrogen) atoms. The van der Waals surface area contributed by atoms with Crippen LogP contribution < -0.4 is 0 Å². The highest BCUT2D eigenvalue weighted by atomic mass is 16.6. The topological polar surface area (TPSA) is 49.7 Å². The smallest absolute Gasteiger partial charge is 0.158 e.